The normalized spacial score (nSPS) is 12.2. The minimum Gasteiger partial charge on any atom is -0.370 e. The summed E-state index contributed by atoms with van der Waals surface area (Å²) in [5.41, 5.74) is 9.98. The van der Waals surface area contributed by atoms with Gasteiger partial charge in [0.05, 0.1) is 12.5 Å². The molecule has 10 heavy (non-hydrogen) atoms. The summed E-state index contributed by atoms with van der Waals surface area (Å²) < 4.78 is 0. The number of carbonyl (C=O) groups excluding carboxylic acids is 2. The Hall–Kier alpha value is -0.670. The number of hydrogen-bond acceptors (Lipinski definition) is 3. The molecule has 0 rings (SSSR count). The Labute approximate surface area is 60.8 Å². The maximum atomic E-state index is 10.6. The van der Waals surface area contributed by atoms with Crippen LogP contribution in [0.15, 0.2) is 0 Å². The number of carbonyl (C=O) groups is 2. The number of primary amides is 1. The smallest absolute Gasteiger partial charge is 0.240 e. The summed E-state index contributed by atoms with van der Waals surface area (Å²) in [4.78, 5) is 20.8. The molecule has 0 aromatic rings. The van der Waals surface area contributed by atoms with E-state index in [0.29, 0.717) is 0 Å². The summed E-state index contributed by atoms with van der Waals surface area (Å²) in [6.45, 7) is 0. The van der Waals surface area contributed by atoms with Crippen LogP contribution in [0.4, 0.5) is 0 Å². The van der Waals surface area contributed by atoms with E-state index in [-0.39, 0.29) is 6.42 Å². The third-order valence-electron chi connectivity index (χ3n) is 0.900. The lowest BCUT2D eigenvalue weighted by atomic mass is 10.2. The Balaban J connectivity index is 3.72. The standard InChI is InChI=1S/C4H10N3O2P/c5-2(1-3(6)8)4(9)7-10/h2H,1,5,10H2,(H2,6,8)(H,7,9)/t2-/m0/s1. The molecule has 2 amide bonds. The number of amides is 2. The minimum absolute atomic E-state index is 0.125. The lowest BCUT2D eigenvalue weighted by Gasteiger charge is -2.05. The second-order valence-corrected chi connectivity index (χ2v) is 2.07. The molecule has 0 aliphatic rings. The molecule has 2 atom stereocenters. The van der Waals surface area contributed by atoms with Crippen molar-refractivity contribution in [2.75, 3.05) is 0 Å². The fourth-order valence-corrected chi connectivity index (χ4v) is 0.631. The molecule has 0 heterocycles. The largest absolute Gasteiger partial charge is 0.370 e. The first-order valence-corrected chi connectivity index (χ1v) is 3.20. The highest BCUT2D eigenvalue weighted by molar-refractivity contribution is 7.15. The maximum absolute atomic E-state index is 10.6. The van der Waals surface area contributed by atoms with Crippen molar-refractivity contribution in [1.82, 2.24) is 5.09 Å². The van der Waals surface area contributed by atoms with E-state index in [9.17, 15) is 9.59 Å². The van der Waals surface area contributed by atoms with Gasteiger partial charge in [-0.05, 0) is 9.39 Å². The van der Waals surface area contributed by atoms with E-state index in [1.807, 2.05) is 9.39 Å². The highest BCUT2D eigenvalue weighted by Gasteiger charge is 2.13. The molecule has 58 valence electrons. The quantitative estimate of drug-likeness (QED) is 0.423. The van der Waals surface area contributed by atoms with Crippen molar-refractivity contribution in [2.45, 2.75) is 12.5 Å². The summed E-state index contributed by atoms with van der Waals surface area (Å²) in [5, 5.41) is 2.22. The van der Waals surface area contributed by atoms with Crippen LogP contribution in [-0.2, 0) is 9.59 Å². The third kappa shape index (κ3) is 3.37. The van der Waals surface area contributed by atoms with E-state index in [2.05, 4.69) is 5.09 Å². The van der Waals surface area contributed by atoms with Gasteiger partial charge in [0.25, 0.3) is 0 Å². The average molecular weight is 163 g/mol. The average Bonchev–Trinajstić information content (AvgIpc) is 1.85. The van der Waals surface area contributed by atoms with Crippen LogP contribution in [-0.4, -0.2) is 17.9 Å². The van der Waals surface area contributed by atoms with Gasteiger partial charge in [0.2, 0.25) is 11.8 Å². The van der Waals surface area contributed by atoms with Gasteiger partial charge >= 0.3 is 0 Å². The molecular formula is C4H10N3O2P. The van der Waals surface area contributed by atoms with Crippen molar-refractivity contribution in [2.24, 2.45) is 11.5 Å². The van der Waals surface area contributed by atoms with Crippen LogP contribution in [0.2, 0.25) is 0 Å². The van der Waals surface area contributed by atoms with E-state index in [4.69, 9.17) is 11.5 Å². The van der Waals surface area contributed by atoms with E-state index in [1.165, 1.54) is 0 Å². The molecule has 5 nitrogen and oxygen atoms in total. The van der Waals surface area contributed by atoms with Crippen LogP contribution in [0.25, 0.3) is 0 Å². The van der Waals surface area contributed by atoms with Crippen LogP contribution in [0, 0.1) is 0 Å². The molecule has 0 bridgehead atoms. The SMILES string of the molecule is NC(=O)C[C@H](N)C(=O)NP. The molecular weight excluding hydrogens is 153 g/mol. The zero-order valence-corrected chi connectivity index (χ0v) is 6.49. The lowest BCUT2D eigenvalue weighted by Crippen LogP contribution is -2.39. The molecule has 1 unspecified atom stereocenters. The molecule has 6 heteroatoms. The summed E-state index contributed by atoms with van der Waals surface area (Å²) >= 11 is 0. The Morgan fingerprint density at radius 2 is 2.10 bits per heavy atom. The van der Waals surface area contributed by atoms with Gasteiger partial charge in [-0.1, -0.05) is 0 Å². The Bertz CT molecular complexity index is 149. The van der Waals surface area contributed by atoms with Crippen molar-refractivity contribution in [1.29, 1.82) is 0 Å². The molecule has 0 aliphatic heterocycles. The lowest BCUT2D eigenvalue weighted by molar-refractivity contribution is -0.125. The van der Waals surface area contributed by atoms with Crippen molar-refractivity contribution < 1.29 is 9.59 Å². The Kier molecular flexibility index (Phi) is 3.91. The van der Waals surface area contributed by atoms with E-state index in [0.717, 1.165) is 0 Å². The predicted molar refractivity (Wildman–Crippen MR) is 39.6 cm³/mol. The fraction of sp³-hybridized carbons (Fsp3) is 0.500. The molecule has 0 aliphatic carbocycles. The van der Waals surface area contributed by atoms with Crippen LogP contribution < -0.4 is 16.6 Å². The highest BCUT2D eigenvalue weighted by atomic mass is 31.0. The van der Waals surface area contributed by atoms with Gasteiger partial charge in [0.1, 0.15) is 0 Å². The first kappa shape index (κ1) is 9.33. The van der Waals surface area contributed by atoms with E-state index >= 15 is 0 Å². The molecule has 0 saturated heterocycles. The van der Waals surface area contributed by atoms with E-state index < -0.39 is 17.9 Å². The fourth-order valence-electron chi connectivity index (χ4n) is 0.416. The molecule has 0 spiro atoms. The third-order valence-corrected chi connectivity index (χ3v) is 1.18. The molecule has 0 radical (unpaired) electrons. The molecule has 0 aromatic heterocycles. The number of nitrogens with two attached hydrogens (primary N) is 2. The zero-order chi connectivity index (χ0) is 8.15. The van der Waals surface area contributed by atoms with Gasteiger partial charge in [-0.15, -0.1) is 0 Å². The number of nitrogens with one attached hydrogen (secondary N) is 1. The van der Waals surface area contributed by atoms with Crippen LogP contribution in [0.1, 0.15) is 6.42 Å². The topological polar surface area (TPSA) is 98.2 Å². The molecule has 0 aromatic carbocycles. The summed E-state index contributed by atoms with van der Waals surface area (Å²) in [6, 6.07) is -0.838. The van der Waals surface area contributed by atoms with Crippen LogP contribution in [0.5, 0.6) is 0 Å². The number of hydrogen-bond donors (Lipinski definition) is 3. The molecule has 5 N–H and O–H groups in total. The molecule has 0 saturated carbocycles. The summed E-state index contributed by atoms with van der Waals surface area (Å²) in [7, 11) is 1.99. The second-order valence-electron chi connectivity index (χ2n) is 1.79. The van der Waals surface area contributed by atoms with Crippen molar-refractivity contribution >= 4 is 21.2 Å². The zero-order valence-electron chi connectivity index (χ0n) is 5.33. The first-order valence-electron chi connectivity index (χ1n) is 2.62. The summed E-state index contributed by atoms with van der Waals surface area (Å²) in [5.74, 6) is -0.995. The van der Waals surface area contributed by atoms with Gasteiger partial charge in [-0.2, -0.15) is 0 Å². The highest BCUT2D eigenvalue weighted by Crippen LogP contribution is 1.87. The maximum Gasteiger partial charge on any atom is 0.240 e. The van der Waals surface area contributed by atoms with Crippen molar-refractivity contribution in [3.05, 3.63) is 0 Å². The second kappa shape index (κ2) is 4.19. The minimum atomic E-state index is -0.838. The van der Waals surface area contributed by atoms with Gasteiger partial charge < -0.3 is 16.6 Å². The first-order chi connectivity index (χ1) is 4.57. The van der Waals surface area contributed by atoms with E-state index in [1.54, 1.807) is 0 Å². The Morgan fingerprint density at radius 1 is 1.60 bits per heavy atom. The summed E-state index contributed by atoms with van der Waals surface area (Å²) in [6.07, 6.45) is -0.125. The van der Waals surface area contributed by atoms with Gasteiger partial charge in [-0.3, -0.25) is 9.59 Å². The van der Waals surface area contributed by atoms with Crippen LogP contribution in [0.3, 0.4) is 0 Å². The Morgan fingerprint density at radius 3 is 2.40 bits per heavy atom. The van der Waals surface area contributed by atoms with Crippen molar-refractivity contribution in [3.63, 3.8) is 0 Å². The molecule has 0 fully saturated rings. The van der Waals surface area contributed by atoms with Gasteiger partial charge in [0.15, 0.2) is 0 Å². The van der Waals surface area contributed by atoms with Crippen molar-refractivity contribution in [3.8, 4) is 0 Å². The van der Waals surface area contributed by atoms with Gasteiger partial charge in [-0.25, -0.2) is 0 Å². The number of rotatable bonds is 3. The van der Waals surface area contributed by atoms with Crippen LogP contribution >= 0.6 is 9.39 Å². The monoisotopic (exact) mass is 163 g/mol. The predicted octanol–water partition coefficient (Wildman–Crippen LogP) is -1.90. The van der Waals surface area contributed by atoms with Gasteiger partial charge in [0, 0.05) is 0 Å².